The van der Waals surface area contributed by atoms with E-state index in [0.717, 1.165) is 42.6 Å². The number of benzene rings is 1. The Balaban J connectivity index is 1.65. The molecule has 4 rings (SSSR count). The number of nitrogens with zero attached hydrogens (tertiary/aromatic N) is 3. The summed E-state index contributed by atoms with van der Waals surface area (Å²) < 4.78 is 5.77. The highest BCUT2D eigenvalue weighted by Crippen LogP contribution is 2.42. The van der Waals surface area contributed by atoms with Gasteiger partial charge in [0.1, 0.15) is 0 Å². The summed E-state index contributed by atoms with van der Waals surface area (Å²) in [6, 6.07) is 11.2. The van der Waals surface area contributed by atoms with E-state index in [4.69, 9.17) is 4.74 Å². The van der Waals surface area contributed by atoms with Gasteiger partial charge in [-0.05, 0) is 48.9 Å². The van der Waals surface area contributed by atoms with Crippen molar-refractivity contribution in [3.8, 4) is 0 Å². The number of carbonyl (C=O) groups is 3. The van der Waals surface area contributed by atoms with Crippen LogP contribution >= 0.6 is 0 Å². The molecule has 2 aromatic rings. The molecule has 1 aromatic heterocycles. The topological polar surface area (TPSA) is 79.8 Å². The molecule has 2 aliphatic rings. The van der Waals surface area contributed by atoms with E-state index >= 15 is 0 Å². The van der Waals surface area contributed by atoms with Gasteiger partial charge in [0.25, 0.3) is 0 Å². The summed E-state index contributed by atoms with van der Waals surface area (Å²) in [6.45, 7) is 5.97. The van der Waals surface area contributed by atoms with Gasteiger partial charge in [-0.2, -0.15) is 0 Å². The Morgan fingerprint density at radius 3 is 2.74 bits per heavy atom. The molecule has 0 saturated carbocycles. The predicted molar refractivity (Wildman–Crippen MR) is 128 cm³/mol. The average molecular weight is 464 g/mol. The van der Waals surface area contributed by atoms with E-state index < -0.39 is 5.41 Å². The van der Waals surface area contributed by atoms with Crippen molar-refractivity contribution in [2.75, 3.05) is 19.7 Å². The molecule has 2 saturated heterocycles. The molecule has 0 aliphatic carbocycles. The minimum absolute atomic E-state index is 0.0113. The van der Waals surface area contributed by atoms with Crippen molar-refractivity contribution in [2.45, 2.75) is 64.0 Å². The third-order valence-corrected chi connectivity index (χ3v) is 6.88. The maximum Gasteiger partial charge on any atom is 0.241 e. The fraction of sp³-hybridized carbons (Fsp3) is 0.481. The van der Waals surface area contributed by atoms with Gasteiger partial charge in [-0.15, -0.1) is 0 Å². The lowest BCUT2D eigenvalue weighted by molar-refractivity contribution is -0.143. The molecule has 3 heterocycles. The van der Waals surface area contributed by atoms with Crippen LogP contribution in [-0.4, -0.2) is 58.3 Å². The lowest BCUT2D eigenvalue weighted by Gasteiger charge is -2.32. The number of rotatable bonds is 9. The highest BCUT2D eigenvalue weighted by atomic mass is 16.5. The number of hydrogen-bond acceptors (Lipinski definition) is 5. The van der Waals surface area contributed by atoms with Crippen LogP contribution in [0.5, 0.6) is 0 Å². The molecule has 7 nitrogen and oxygen atoms in total. The van der Waals surface area contributed by atoms with E-state index in [1.165, 1.54) is 4.90 Å². The van der Waals surface area contributed by atoms with Crippen molar-refractivity contribution in [3.63, 3.8) is 0 Å². The van der Waals surface area contributed by atoms with E-state index in [-0.39, 0.29) is 43.2 Å². The number of pyridine rings is 1. The van der Waals surface area contributed by atoms with Gasteiger partial charge in [0, 0.05) is 44.9 Å². The summed E-state index contributed by atoms with van der Waals surface area (Å²) in [6.07, 6.45) is 6.06. The molecule has 0 N–H and O–H groups in total. The summed E-state index contributed by atoms with van der Waals surface area (Å²) in [4.78, 5) is 48.0. The first-order valence-electron chi connectivity index (χ1n) is 12.1. The lowest BCUT2D eigenvalue weighted by Crippen LogP contribution is -2.45. The van der Waals surface area contributed by atoms with Gasteiger partial charge in [0.05, 0.1) is 18.1 Å². The van der Waals surface area contributed by atoms with E-state index in [0.29, 0.717) is 13.1 Å². The van der Waals surface area contributed by atoms with Gasteiger partial charge in [-0.1, -0.05) is 37.3 Å². The lowest BCUT2D eigenvalue weighted by atomic mass is 9.74. The highest BCUT2D eigenvalue weighted by Gasteiger charge is 2.54. The van der Waals surface area contributed by atoms with Crippen LogP contribution in [0.4, 0.5) is 0 Å². The van der Waals surface area contributed by atoms with E-state index in [1.807, 2.05) is 49.1 Å². The van der Waals surface area contributed by atoms with Gasteiger partial charge in [0.15, 0.2) is 0 Å². The Labute approximate surface area is 201 Å². The maximum atomic E-state index is 13.9. The van der Waals surface area contributed by atoms with Crippen LogP contribution in [0.2, 0.25) is 0 Å². The minimum Gasteiger partial charge on any atom is -0.376 e. The van der Waals surface area contributed by atoms with Crippen LogP contribution in [0.25, 0.3) is 0 Å². The molecular weight excluding hydrogens is 430 g/mol. The molecular formula is C27H33N3O4. The van der Waals surface area contributed by atoms with Gasteiger partial charge >= 0.3 is 0 Å². The number of likely N-dealkylation sites (tertiary alicyclic amines) is 1. The first-order chi connectivity index (χ1) is 16.4. The average Bonchev–Trinajstić information content (AvgIpc) is 3.42. The number of hydrogen-bond donors (Lipinski definition) is 0. The zero-order valence-electron chi connectivity index (χ0n) is 20.0. The fourth-order valence-corrected chi connectivity index (χ4v) is 5.18. The van der Waals surface area contributed by atoms with Crippen molar-refractivity contribution >= 4 is 17.7 Å². The predicted octanol–water partition coefficient (Wildman–Crippen LogP) is 3.39. The standard InChI is InChI=1S/C27H33N3O4/c1-3-13-29(19-22-10-7-14-34-22)24(31)15-27(23-11-5-4-8-20(23)2)16-25(32)30(26(27)33)18-21-9-6-12-28-17-21/h4-6,8-9,11-12,17,22H,3,7,10,13-16,18-19H2,1-2H3/t22-,27-/m0/s1. The van der Waals surface area contributed by atoms with Crippen molar-refractivity contribution in [1.29, 1.82) is 0 Å². The Kier molecular flexibility index (Phi) is 7.41. The quantitative estimate of drug-likeness (QED) is 0.533. The van der Waals surface area contributed by atoms with Crippen LogP contribution in [0.15, 0.2) is 48.8 Å². The first kappa shape index (κ1) is 24.1. The zero-order chi connectivity index (χ0) is 24.1. The highest BCUT2D eigenvalue weighted by molar-refractivity contribution is 6.10. The Bertz CT molecular complexity index is 1040. The van der Waals surface area contributed by atoms with Crippen LogP contribution < -0.4 is 0 Å². The second-order valence-electron chi connectivity index (χ2n) is 9.37. The molecule has 7 heteroatoms. The Hall–Kier alpha value is -3.06. The van der Waals surface area contributed by atoms with E-state index in [9.17, 15) is 14.4 Å². The summed E-state index contributed by atoms with van der Waals surface area (Å²) in [5.74, 6) is -0.673. The molecule has 2 atom stereocenters. The molecule has 2 aliphatic heterocycles. The van der Waals surface area contributed by atoms with Gasteiger partial charge in [0.2, 0.25) is 17.7 Å². The van der Waals surface area contributed by atoms with Crippen molar-refractivity contribution in [1.82, 2.24) is 14.8 Å². The van der Waals surface area contributed by atoms with Gasteiger partial charge < -0.3 is 9.64 Å². The number of amides is 3. The molecule has 34 heavy (non-hydrogen) atoms. The second kappa shape index (κ2) is 10.5. The molecule has 180 valence electrons. The van der Waals surface area contributed by atoms with E-state index in [1.54, 1.807) is 18.5 Å². The Morgan fingerprint density at radius 2 is 2.06 bits per heavy atom. The molecule has 0 unspecified atom stereocenters. The van der Waals surface area contributed by atoms with Crippen LogP contribution in [0.3, 0.4) is 0 Å². The number of aryl methyl sites for hydroxylation is 1. The number of ether oxygens (including phenoxy) is 1. The number of aromatic nitrogens is 1. The SMILES string of the molecule is CCCN(C[C@@H]1CCCO1)C(=O)C[C@@]1(c2ccccc2C)CC(=O)N(Cc2cccnc2)C1=O. The Morgan fingerprint density at radius 1 is 1.24 bits per heavy atom. The number of carbonyl (C=O) groups excluding carboxylic acids is 3. The van der Waals surface area contributed by atoms with Crippen LogP contribution in [-0.2, 0) is 31.1 Å². The molecule has 3 amide bonds. The van der Waals surface area contributed by atoms with Crippen LogP contribution in [0, 0.1) is 6.92 Å². The van der Waals surface area contributed by atoms with E-state index in [2.05, 4.69) is 4.98 Å². The van der Waals surface area contributed by atoms with Crippen molar-refractivity contribution in [2.24, 2.45) is 0 Å². The zero-order valence-corrected chi connectivity index (χ0v) is 20.0. The third-order valence-electron chi connectivity index (χ3n) is 6.88. The maximum absolute atomic E-state index is 13.9. The summed E-state index contributed by atoms with van der Waals surface area (Å²) in [5.41, 5.74) is 1.23. The van der Waals surface area contributed by atoms with Gasteiger partial charge in [-0.3, -0.25) is 24.3 Å². The smallest absolute Gasteiger partial charge is 0.241 e. The first-order valence-corrected chi connectivity index (χ1v) is 12.1. The normalized spacial score (nSPS) is 22.4. The van der Waals surface area contributed by atoms with Crippen molar-refractivity contribution in [3.05, 3.63) is 65.5 Å². The molecule has 1 aromatic carbocycles. The molecule has 2 fully saturated rings. The summed E-state index contributed by atoms with van der Waals surface area (Å²) in [7, 11) is 0. The summed E-state index contributed by atoms with van der Waals surface area (Å²) >= 11 is 0. The van der Waals surface area contributed by atoms with Crippen LogP contribution in [0.1, 0.15) is 55.7 Å². The fourth-order valence-electron chi connectivity index (χ4n) is 5.18. The van der Waals surface area contributed by atoms with Crippen molar-refractivity contribution < 1.29 is 19.1 Å². The third kappa shape index (κ3) is 4.89. The number of imide groups is 1. The monoisotopic (exact) mass is 463 g/mol. The largest absolute Gasteiger partial charge is 0.376 e. The second-order valence-corrected chi connectivity index (χ2v) is 9.37. The molecule has 0 bridgehead atoms. The molecule has 0 radical (unpaired) electrons. The molecule has 0 spiro atoms. The minimum atomic E-state index is -1.20. The van der Waals surface area contributed by atoms with Gasteiger partial charge in [-0.25, -0.2) is 0 Å². The summed E-state index contributed by atoms with van der Waals surface area (Å²) in [5, 5.41) is 0.